The van der Waals surface area contributed by atoms with Gasteiger partial charge in [0.2, 0.25) is 5.16 Å². The molecule has 74 valence electrons. The first-order valence-electron chi connectivity index (χ1n) is 3.81. The molecule has 0 spiro atoms. The molecule has 2 aromatic heterocycles. The summed E-state index contributed by atoms with van der Waals surface area (Å²) >= 11 is 3.05. The van der Waals surface area contributed by atoms with Gasteiger partial charge in [0.1, 0.15) is 0 Å². The Bertz CT molecular complexity index is 421. The highest BCUT2D eigenvalue weighted by Crippen LogP contribution is 2.23. The molecule has 6 nitrogen and oxygen atoms in total. The summed E-state index contributed by atoms with van der Waals surface area (Å²) in [5.41, 5.74) is 5.51. The van der Waals surface area contributed by atoms with Gasteiger partial charge in [-0.2, -0.15) is 0 Å². The second kappa shape index (κ2) is 3.93. The summed E-state index contributed by atoms with van der Waals surface area (Å²) in [6.45, 7) is 0. The zero-order chi connectivity index (χ0) is 9.97. The Morgan fingerprint density at radius 2 is 2.50 bits per heavy atom. The van der Waals surface area contributed by atoms with Crippen molar-refractivity contribution in [2.45, 2.75) is 10.9 Å². The van der Waals surface area contributed by atoms with E-state index in [9.17, 15) is 0 Å². The van der Waals surface area contributed by atoms with Crippen LogP contribution >= 0.6 is 23.1 Å². The van der Waals surface area contributed by atoms with E-state index in [2.05, 4.69) is 20.5 Å². The zero-order valence-corrected chi connectivity index (χ0v) is 9.05. The Kier molecular flexibility index (Phi) is 2.64. The van der Waals surface area contributed by atoms with Crippen molar-refractivity contribution in [1.29, 1.82) is 0 Å². The number of aromatic nitrogens is 5. The standard InChI is InChI=1S/C6H8N6S2/c1-12-6(9-10-11-12)13-3-4-2-8-5(7)14-4/h2H,3H2,1H3,(H2,7,8). The highest BCUT2D eigenvalue weighted by Gasteiger charge is 2.05. The number of thioether (sulfide) groups is 1. The summed E-state index contributed by atoms with van der Waals surface area (Å²) < 4.78 is 1.63. The van der Waals surface area contributed by atoms with E-state index in [4.69, 9.17) is 5.73 Å². The molecular formula is C6H8N6S2. The molecule has 2 N–H and O–H groups in total. The second-order valence-corrected chi connectivity index (χ2v) is 4.63. The average Bonchev–Trinajstić information content (AvgIpc) is 2.72. The molecule has 0 aliphatic heterocycles. The summed E-state index contributed by atoms with van der Waals surface area (Å²) in [5.74, 6) is 0.795. The Balaban J connectivity index is 1.98. The monoisotopic (exact) mass is 228 g/mol. The summed E-state index contributed by atoms with van der Waals surface area (Å²) in [7, 11) is 1.81. The maximum atomic E-state index is 5.51. The molecule has 0 aliphatic carbocycles. The molecule has 0 unspecified atom stereocenters. The van der Waals surface area contributed by atoms with E-state index in [-0.39, 0.29) is 0 Å². The lowest BCUT2D eigenvalue weighted by Crippen LogP contribution is -1.92. The molecule has 2 heterocycles. The van der Waals surface area contributed by atoms with Crippen LogP contribution in [0, 0.1) is 0 Å². The minimum atomic E-state index is 0.594. The fourth-order valence-electron chi connectivity index (χ4n) is 0.869. The highest BCUT2D eigenvalue weighted by atomic mass is 32.2. The molecule has 0 saturated carbocycles. The number of hydrogen-bond acceptors (Lipinski definition) is 7. The Hall–Kier alpha value is -1.15. The molecule has 0 aromatic carbocycles. The second-order valence-electron chi connectivity index (χ2n) is 2.54. The normalized spacial score (nSPS) is 10.6. The lowest BCUT2D eigenvalue weighted by Gasteiger charge is -1.94. The van der Waals surface area contributed by atoms with E-state index in [1.54, 1.807) is 22.6 Å². The first-order chi connectivity index (χ1) is 6.75. The molecule has 8 heteroatoms. The molecule has 0 amide bonds. The maximum Gasteiger partial charge on any atom is 0.209 e. The van der Waals surface area contributed by atoms with Gasteiger partial charge in [-0.05, 0) is 10.4 Å². The number of thiazole rings is 1. The SMILES string of the molecule is Cn1nnnc1SCc1cnc(N)s1. The third kappa shape index (κ3) is 2.02. The molecule has 0 atom stereocenters. The topological polar surface area (TPSA) is 82.5 Å². The van der Waals surface area contributed by atoms with Crippen LogP contribution in [0.3, 0.4) is 0 Å². The van der Waals surface area contributed by atoms with Crippen LogP contribution < -0.4 is 5.73 Å². The Morgan fingerprint density at radius 1 is 1.64 bits per heavy atom. The summed E-state index contributed by atoms with van der Waals surface area (Å²) in [6.07, 6.45) is 1.77. The molecule has 14 heavy (non-hydrogen) atoms. The molecule has 0 aliphatic rings. The van der Waals surface area contributed by atoms with Crippen molar-refractivity contribution in [2.24, 2.45) is 7.05 Å². The van der Waals surface area contributed by atoms with Crippen molar-refractivity contribution < 1.29 is 0 Å². The van der Waals surface area contributed by atoms with Crippen LogP contribution in [0.15, 0.2) is 11.4 Å². The number of tetrazole rings is 1. The third-order valence-corrected chi connectivity index (χ3v) is 3.56. The van der Waals surface area contributed by atoms with Gasteiger partial charge >= 0.3 is 0 Å². The van der Waals surface area contributed by atoms with E-state index < -0.39 is 0 Å². The Labute approximate surface area is 88.5 Å². The number of nitrogens with zero attached hydrogens (tertiary/aromatic N) is 5. The Morgan fingerprint density at radius 3 is 3.07 bits per heavy atom. The van der Waals surface area contributed by atoms with Crippen LogP contribution in [0.5, 0.6) is 0 Å². The van der Waals surface area contributed by atoms with Crippen LogP contribution in [-0.4, -0.2) is 25.2 Å². The molecule has 2 aromatic rings. The average molecular weight is 228 g/mol. The summed E-state index contributed by atoms with van der Waals surface area (Å²) in [4.78, 5) is 5.08. The lowest BCUT2D eigenvalue weighted by atomic mass is 10.6. The lowest BCUT2D eigenvalue weighted by molar-refractivity contribution is 0.664. The van der Waals surface area contributed by atoms with Crippen molar-refractivity contribution in [1.82, 2.24) is 25.2 Å². The van der Waals surface area contributed by atoms with Crippen LogP contribution in [0.25, 0.3) is 0 Å². The first kappa shape index (κ1) is 9.41. The molecular weight excluding hydrogens is 220 g/mol. The van der Waals surface area contributed by atoms with Gasteiger partial charge in [-0.25, -0.2) is 9.67 Å². The largest absolute Gasteiger partial charge is 0.375 e. The number of anilines is 1. The van der Waals surface area contributed by atoms with E-state index in [0.29, 0.717) is 5.13 Å². The zero-order valence-electron chi connectivity index (χ0n) is 7.41. The van der Waals surface area contributed by atoms with E-state index in [0.717, 1.165) is 15.8 Å². The molecule has 2 rings (SSSR count). The maximum absolute atomic E-state index is 5.51. The quantitative estimate of drug-likeness (QED) is 0.772. The molecule has 0 saturated heterocycles. The third-order valence-electron chi connectivity index (χ3n) is 1.50. The molecule has 0 fully saturated rings. The minimum Gasteiger partial charge on any atom is -0.375 e. The van der Waals surface area contributed by atoms with Gasteiger partial charge in [-0.15, -0.1) is 16.4 Å². The van der Waals surface area contributed by atoms with E-state index in [1.807, 2.05) is 7.05 Å². The summed E-state index contributed by atoms with van der Waals surface area (Å²) in [5, 5.41) is 12.5. The smallest absolute Gasteiger partial charge is 0.209 e. The number of nitrogens with two attached hydrogens (primary N) is 1. The van der Waals surface area contributed by atoms with Crippen molar-refractivity contribution in [3.63, 3.8) is 0 Å². The van der Waals surface area contributed by atoms with Gasteiger partial charge in [-0.3, -0.25) is 0 Å². The predicted octanol–water partition coefficient (Wildman–Crippen LogP) is 0.541. The highest BCUT2D eigenvalue weighted by molar-refractivity contribution is 7.98. The van der Waals surface area contributed by atoms with Gasteiger partial charge in [0.15, 0.2) is 5.13 Å². The van der Waals surface area contributed by atoms with Gasteiger partial charge in [0.25, 0.3) is 0 Å². The van der Waals surface area contributed by atoms with Gasteiger partial charge < -0.3 is 5.73 Å². The number of aryl methyl sites for hydroxylation is 1. The number of nitrogen functional groups attached to an aromatic ring is 1. The minimum absolute atomic E-state index is 0.594. The van der Waals surface area contributed by atoms with Crippen molar-refractivity contribution in [3.05, 3.63) is 11.1 Å². The van der Waals surface area contributed by atoms with Crippen molar-refractivity contribution >= 4 is 28.2 Å². The number of hydrogen-bond donors (Lipinski definition) is 1. The van der Waals surface area contributed by atoms with Crippen LogP contribution in [0.1, 0.15) is 4.88 Å². The predicted molar refractivity (Wildman–Crippen MR) is 54.9 cm³/mol. The van der Waals surface area contributed by atoms with Crippen molar-refractivity contribution in [2.75, 3.05) is 5.73 Å². The molecule has 0 bridgehead atoms. The van der Waals surface area contributed by atoms with Crippen LogP contribution in [0.2, 0.25) is 0 Å². The molecule has 0 radical (unpaired) electrons. The van der Waals surface area contributed by atoms with Crippen LogP contribution in [0.4, 0.5) is 5.13 Å². The van der Waals surface area contributed by atoms with E-state index >= 15 is 0 Å². The number of rotatable bonds is 3. The fourth-order valence-corrected chi connectivity index (χ4v) is 2.42. The van der Waals surface area contributed by atoms with Gasteiger partial charge in [-0.1, -0.05) is 11.8 Å². The van der Waals surface area contributed by atoms with Gasteiger partial charge in [0, 0.05) is 23.9 Å². The van der Waals surface area contributed by atoms with E-state index in [1.165, 1.54) is 11.3 Å². The summed E-state index contributed by atoms with van der Waals surface area (Å²) in [6, 6.07) is 0. The van der Waals surface area contributed by atoms with Crippen LogP contribution in [-0.2, 0) is 12.8 Å². The van der Waals surface area contributed by atoms with Crippen molar-refractivity contribution in [3.8, 4) is 0 Å². The fraction of sp³-hybridized carbons (Fsp3) is 0.333. The first-order valence-corrected chi connectivity index (χ1v) is 5.61. The van der Waals surface area contributed by atoms with Gasteiger partial charge in [0.05, 0.1) is 0 Å².